The Labute approximate surface area is 158 Å². The van der Waals surface area contributed by atoms with Gasteiger partial charge >= 0.3 is 0 Å². The maximum atomic E-state index is 12.8. The zero-order valence-electron chi connectivity index (χ0n) is 14.8. The molecule has 0 saturated carbocycles. The first-order chi connectivity index (χ1) is 13.0. The number of piperidine rings is 1. The van der Waals surface area contributed by atoms with Crippen LogP contribution in [0.2, 0.25) is 0 Å². The first-order valence-corrected chi connectivity index (χ1v) is 10.3. The van der Waals surface area contributed by atoms with E-state index in [1.807, 2.05) is 12.1 Å². The zero-order chi connectivity index (χ0) is 19.3. The van der Waals surface area contributed by atoms with Gasteiger partial charge in [0.05, 0.1) is 16.7 Å². The predicted molar refractivity (Wildman–Crippen MR) is 98.1 cm³/mol. The molecular weight excluding hydrogens is 366 g/mol. The van der Waals surface area contributed by atoms with Crippen LogP contribution in [0.25, 0.3) is 0 Å². The smallest absolute Gasteiger partial charge is 0.244 e. The van der Waals surface area contributed by atoms with E-state index in [-0.39, 0.29) is 35.4 Å². The van der Waals surface area contributed by atoms with Gasteiger partial charge in [0.2, 0.25) is 15.9 Å². The lowest BCUT2D eigenvalue weighted by Gasteiger charge is -2.30. The first-order valence-electron chi connectivity index (χ1n) is 8.82. The van der Waals surface area contributed by atoms with E-state index >= 15 is 0 Å². The molecule has 1 aromatic carbocycles. The summed E-state index contributed by atoms with van der Waals surface area (Å²) in [5, 5.41) is 12.0. The maximum absolute atomic E-state index is 12.8. The maximum Gasteiger partial charge on any atom is 0.244 e. The van der Waals surface area contributed by atoms with Crippen molar-refractivity contribution in [3.63, 3.8) is 0 Å². The molecule has 2 heterocycles. The van der Waals surface area contributed by atoms with Gasteiger partial charge in [0, 0.05) is 32.0 Å². The molecule has 1 aliphatic rings. The van der Waals surface area contributed by atoms with Crippen molar-refractivity contribution >= 4 is 15.9 Å². The molecule has 8 heteroatoms. The van der Waals surface area contributed by atoms with Gasteiger partial charge < -0.3 is 9.73 Å². The number of sulfonamides is 1. The molecule has 1 fully saturated rings. The number of nitrogens with zero attached hydrogens (tertiary/aromatic N) is 2. The molecule has 0 unspecified atom stereocenters. The van der Waals surface area contributed by atoms with Gasteiger partial charge in [-0.2, -0.15) is 9.57 Å². The number of benzene rings is 1. The van der Waals surface area contributed by atoms with E-state index in [4.69, 9.17) is 9.68 Å². The summed E-state index contributed by atoms with van der Waals surface area (Å²) < 4.78 is 32.2. The Hall–Kier alpha value is -2.63. The third-order valence-corrected chi connectivity index (χ3v) is 6.66. The van der Waals surface area contributed by atoms with Gasteiger partial charge in [-0.1, -0.05) is 12.1 Å². The van der Waals surface area contributed by atoms with Gasteiger partial charge in [-0.25, -0.2) is 8.42 Å². The highest BCUT2D eigenvalue weighted by atomic mass is 32.2. The van der Waals surface area contributed by atoms with Crippen LogP contribution in [0, 0.1) is 17.2 Å². The number of rotatable bonds is 6. The summed E-state index contributed by atoms with van der Waals surface area (Å²) in [5.41, 5.74) is 0.135. The Kier molecular flexibility index (Phi) is 5.94. The van der Waals surface area contributed by atoms with E-state index in [2.05, 4.69) is 5.32 Å². The van der Waals surface area contributed by atoms with Crippen molar-refractivity contribution in [1.82, 2.24) is 9.62 Å². The summed E-state index contributed by atoms with van der Waals surface area (Å²) in [6, 6.07) is 11.8. The van der Waals surface area contributed by atoms with Crippen molar-refractivity contribution in [2.24, 2.45) is 5.92 Å². The SMILES string of the molecule is N#Cc1ccccc1S(=O)(=O)N1CCC(C(=O)NCCc2ccco2)CC1. The van der Waals surface area contributed by atoms with Crippen LogP contribution in [-0.4, -0.2) is 38.3 Å². The second kappa shape index (κ2) is 8.37. The largest absolute Gasteiger partial charge is 0.469 e. The number of nitriles is 1. The molecule has 1 aromatic heterocycles. The molecule has 0 atom stereocenters. The molecule has 1 amide bonds. The van der Waals surface area contributed by atoms with Crippen molar-refractivity contribution in [1.29, 1.82) is 5.26 Å². The van der Waals surface area contributed by atoms with Crippen LogP contribution in [0.3, 0.4) is 0 Å². The Bertz CT molecular complexity index is 924. The third kappa shape index (κ3) is 4.38. The standard InChI is InChI=1S/C19H21N3O4S/c20-14-16-4-1-2-6-18(16)27(24,25)22-11-8-15(9-12-22)19(23)21-10-7-17-5-3-13-26-17/h1-6,13,15H,7-12H2,(H,21,23). The number of hydrogen-bond acceptors (Lipinski definition) is 5. The van der Waals surface area contributed by atoms with Crippen molar-refractivity contribution in [3.05, 3.63) is 54.0 Å². The molecule has 1 N–H and O–H groups in total. The molecule has 0 radical (unpaired) electrons. The fourth-order valence-electron chi connectivity index (χ4n) is 3.19. The fraction of sp³-hybridized carbons (Fsp3) is 0.368. The molecule has 142 valence electrons. The van der Waals surface area contributed by atoms with Crippen molar-refractivity contribution < 1.29 is 17.6 Å². The number of amides is 1. The average Bonchev–Trinajstić information content (AvgIpc) is 3.21. The van der Waals surface area contributed by atoms with E-state index in [9.17, 15) is 13.2 Å². The summed E-state index contributed by atoms with van der Waals surface area (Å²) in [7, 11) is -3.73. The fourth-order valence-corrected chi connectivity index (χ4v) is 4.80. The van der Waals surface area contributed by atoms with Crippen LogP contribution in [0.5, 0.6) is 0 Å². The molecule has 0 aliphatic carbocycles. The second-order valence-electron chi connectivity index (χ2n) is 6.41. The monoisotopic (exact) mass is 387 g/mol. The molecule has 2 aromatic rings. The van der Waals surface area contributed by atoms with Crippen LogP contribution in [0.15, 0.2) is 52.0 Å². The number of carbonyl (C=O) groups excluding carboxylic acids is 1. The van der Waals surface area contributed by atoms with E-state index in [1.54, 1.807) is 24.5 Å². The van der Waals surface area contributed by atoms with Crippen LogP contribution in [0.1, 0.15) is 24.2 Å². The van der Waals surface area contributed by atoms with E-state index in [1.165, 1.54) is 16.4 Å². The Morgan fingerprint density at radius 1 is 1.22 bits per heavy atom. The minimum Gasteiger partial charge on any atom is -0.469 e. The highest BCUT2D eigenvalue weighted by Crippen LogP contribution is 2.25. The van der Waals surface area contributed by atoms with Crippen LogP contribution in [0.4, 0.5) is 0 Å². The molecule has 1 saturated heterocycles. The van der Waals surface area contributed by atoms with Crippen LogP contribution in [-0.2, 0) is 21.2 Å². The van der Waals surface area contributed by atoms with E-state index in [0.717, 1.165) is 5.76 Å². The molecule has 27 heavy (non-hydrogen) atoms. The lowest BCUT2D eigenvalue weighted by molar-refractivity contribution is -0.126. The molecule has 0 spiro atoms. The molecule has 3 rings (SSSR count). The summed E-state index contributed by atoms with van der Waals surface area (Å²) in [6.07, 6.45) is 3.13. The highest BCUT2D eigenvalue weighted by molar-refractivity contribution is 7.89. The van der Waals surface area contributed by atoms with Crippen LogP contribution >= 0.6 is 0 Å². The zero-order valence-corrected chi connectivity index (χ0v) is 15.6. The lowest BCUT2D eigenvalue weighted by atomic mass is 9.97. The number of hydrogen-bond donors (Lipinski definition) is 1. The summed E-state index contributed by atoms with van der Waals surface area (Å²) in [6.45, 7) is 1.01. The predicted octanol–water partition coefficient (Wildman–Crippen LogP) is 1.91. The van der Waals surface area contributed by atoms with Gasteiger partial charge in [0.1, 0.15) is 11.8 Å². The Morgan fingerprint density at radius 2 is 1.96 bits per heavy atom. The lowest BCUT2D eigenvalue weighted by Crippen LogP contribution is -2.43. The van der Waals surface area contributed by atoms with Gasteiger partial charge in [-0.3, -0.25) is 4.79 Å². The van der Waals surface area contributed by atoms with Gasteiger partial charge in [0.25, 0.3) is 0 Å². The third-order valence-electron chi connectivity index (χ3n) is 4.70. The summed E-state index contributed by atoms with van der Waals surface area (Å²) in [4.78, 5) is 12.3. The Morgan fingerprint density at radius 3 is 2.63 bits per heavy atom. The number of furan rings is 1. The Balaban J connectivity index is 1.55. The quantitative estimate of drug-likeness (QED) is 0.815. The average molecular weight is 387 g/mol. The molecule has 1 aliphatic heterocycles. The van der Waals surface area contributed by atoms with Gasteiger partial charge in [-0.15, -0.1) is 0 Å². The van der Waals surface area contributed by atoms with E-state index < -0.39 is 10.0 Å². The van der Waals surface area contributed by atoms with Crippen molar-refractivity contribution in [3.8, 4) is 6.07 Å². The summed E-state index contributed by atoms with van der Waals surface area (Å²) in [5.74, 6) is 0.544. The minimum absolute atomic E-state index is 0.0221. The molecular formula is C19H21N3O4S. The first kappa shape index (κ1) is 19.1. The normalized spacial score (nSPS) is 16.0. The number of carbonyl (C=O) groups is 1. The second-order valence-corrected chi connectivity index (χ2v) is 8.31. The van der Waals surface area contributed by atoms with E-state index in [0.29, 0.717) is 25.8 Å². The topological polar surface area (TPSA) is 103 Å². The van der Waals surface area contributed by atoms with Crippen LogP contribution < -0.4 is 5.32 Å². The van der Waals surface area contributed by atoms with Crippen molar-refractivity contribution in [2.45, 2.75) is 24.2 Å². The number of nitrogens with one attached hydrogen (secondary N) is 1. The highest BCUT2D eigenvalue weighted by Gasteiger charge is 2.33. The van der Waals surface area contributed by atoms with Crippen molar-refractivity contribution in [2.75, 3.05) is 19.6 Å². The minimum atomic E-state index is -3.73. The molecule has 7 nitrogen and oxygen atoms in total. The van der Waals surface area contributed by atoms with Gasteiger partial charge in [-0.05, 0) is 37.1 Å². The molecule has 0 bridgehead atoms. The summed E-state index contributed by atoms with van der Waals surface area (Å²) >= 11 is 0. The van der Waals surface area contributed by atoms with Gasteiger partial charge in [0.15, 0.2) is 0 Å².